The first-order valence-corrected chi connectivity index (χ1v) is 4.48. The number of hydrogen-bond acceptors (Lipinski definition) is 1. The van der Waals surface area contributed by atoms with Crippen LogP contribution in [0.2, 0.25) is 0 Å². The van der Waals surface area contributed by atoms with Crippen LogP contribution in [-0.2, 0) is 0 Å². The molecule has 1 aromatic rings. The van der Waals surface area contributed by atoms with Gasteiger partial charge in [-0.05, 0) is 18.6 Å². The van der Waals surface area contributed by atoms with Gasteiger partial charge in [0.1, 0.15) is 11.6 Å². The molecule has 1 amide bonds. The van der Waals surface area contributed by atoms with Gasteiger partial charge in [0.15, 0.2) is 0 Å². The molecule has 0 fully saturated rings. The second-order valence-corrected chi connectivity index (χ2v) is 2.99. The third-order valence-electron chi connectivity index (χ3n) is 1.76. The average Bonchev–Trinajstić information content (AvgIpc) is 2.16. The van der Waals surface area contributed by atoms with E-state index in [4.69, 9.17) is 0 Å². The van der Waals surface area contributed by atoms with Crippen molar-refractivity contribution < 1.29 is 13.6 Å². The van der Waals surface area contributed by atoms with E-state index in [-0.39, 0.29) is 5.56 Å². The van der Waals surface area contributed by atoms with Gasteiger partial charge in [0.25, 0.3) is 5.91 Å². The second kappa shape index (κ2) is 5.24. The first-order chi connectivity index (χ1) is 7.13. The van der Waals surface area contributed by atoms with Crippen LogP contribution >= 0.6 is 0 Å². The van der Waals surface area contributed by atoms with Crippen LogP contribution < -0.4 is 5.32 Å². The maximum atomic E-state index is 12.7. The molecule has 0 spiro atoms. The van der Waals surface area contributed by atoms with Gasteiger partial charge >= 0.3 is 0 Å². The molecule has 15 heavy (non-hydrogen) atoms. The van der Waals surface area contributed by atoms with E-state index in [1.54, 1.807) is 6.08 Å². The summed E-state index contributed by atoms with van der Waals surface area (Å²) >= 11 is 0. The summed E-state index contributed by atoms with van der Waals surface area (Å²) < 4.78 is 25.5. The summed E-state index contributed by atoms with van der Waals surface area (Å²) in [6, 6.07) is 2.71. The summed E-state index contributed by atoms with van der Waals surface area (Å²) in [6.45, 7) is 3.89. The number of nitrogens with one attached hydrogen (secondary N) is 1. The van der Waals surface area contributed by atoms with Crippen molar-refractivity contribution in [3.05, 3.63) is 48.1 Å². The smallest absolute Gasteiger partial charge is 0.251 e. The van der Waals surface area contributed by atoms with E-state index in [9.17, 15) is 13.6 Å². The molecule has 4 heteroatoms. The number of halogens is 2. The number of amides is 1. The fraction of sp³-hybridized carbons (Fsp3) is 0.182. The van der Waals surface area contributed by atoms with Crippen molar-refractivity contribution in [3.8, 4) is 0 Å². The largest absolute Gasteiger partial charge is 0.352 e. The number of carbonyl (C=O) groups excluding carboxylic acids is 1. The Morgan fingerprint density at radius 1 is 1.33 bits per heavy atom. The van der Waals surface area contributed by atoms with E-state index < -0.39 is 17.5 Å². The van der Waals surface area contributed by atoms with E-state index in [2.05, 4.69) is 11.9 Å². The van der Waals surface area contributed by atoms with Crippen LogP contribution in [-0.4, -0.2) is 12.5 Å². The van der Waals surface area contributed by atoms with Gasteiger partial charge in [-0.3, -0.25) is 4.79 Å². The molecule has 1 rings (SSSR count). The van der Waals surface area contributed by atoms with E-state index in [1.807, 2.05) is 0 Å². The lowest BCUT2D eigenvalue weighted by atomic mass is 10.2. The van der Waals surface area contributed by atoms with Gasteiger partial charge < -0.3 is 5.32 Å². The van der Waals surface area contributed by atoms with Crippen LogP contribution in [0.15, 0.2) is 30.9 Å². The molecule has 0 saturated carbocycles. The quantitative estimate of drug-likeness (QED) is 0.600. The van der Waals surface area contributed by atoms with E-state index in [1.165, 1.54) is 0 Å². The molecule has 0 heterocycles. The molecule has 0 aliphatic heterocycles. The standard InChI is InChI=1S/C11H11F2NO/c1-2-3-4-14-11(15)8-5-9(12)7-10(13)6-8/h2,5-7H,1,3-4H2,(H,14,15). The molecule has 0 aliphatic rings. The van der Waals surface area contributed by atoms with Gasteiger partial charge in [-0.15, -0.1) is 6.58 Å². The normalized spacial score (nSPS) is 9.73. The summed E-state index contributed by atoms with van der Waals surface area (Å²) in [5, 5.41) is 2.51. The van der Waals surface area contributed by atoms with E-state index in [0.717, 1.165) is 18.2 Å². The Bertz CT molecular complexity index is 357. The Kier molecular flexibility index (Phi) is 3.97. The van der Waals surface area contributed by atoms with Gasteiger partial charge in [-0.1, -0.05) is 6.08 Å². The molecule has 0 unspecified atom stereocenters. The minimum absolute atomic E-state index is 0.0171. The zero-order valence-corrected chi connectivity index (χ0v) is 8.09. The van der Waals surface area contributed by atoms with Crippen molar-refractivity contribution in [2.75, 3.05) is 6.54 Å². The van der Waals surface area contributed by atoms with Gasteiger partial charge in [0.2, 0.25) is 0 Å². The number of carbonyl (C=O) groups is 1. The zero-order chi connectivity index (χ0) is 11.3. The van der Waals surface area contributed by atoms with Gasteiger partial charge in [-0.25, -0.2) is 8.78 Å². The number of benzene rings is 1. The summed E-state index contributed by atoms with van der Waals surface area (Å²) in [7, 11) is 0. The van der Waals surface area contributed by atoms with Crippen LogP contribution in [0.25, 0.3) is 0 Å². The summed E-state index contributed by atoms with van der Waals surface area (Å²) in [6.07, 6.45) is 2.26. The van der Waals surface area contributed by atoms with Crippen molar-refractivity contribution in [1.82, 2.24) is 5.32 Å². The van der Waals surface area contributed by atoms with Crippen molar-refractivity contribution in [1.29, 1.82) is 0 Å². The topological polar surface area (TPSA) is 29.1 Å². The highest BCUT2D eigenvalue weighted by atomic mass is 19.1. The molecule has 0 radical (unpaired) electrons. The van der Waals surface area contributed by atoms with Gasteiger partial charge in [0, 0.05) is 18.2 Å². The van der Waals surface area contributed by atoms with Gasteiger partial charge in [0.05, 0.1) is 0 Å². The molecule has 0 atom stereocenters. The molecule has 0 aromatic heterocycles. The lowest BCUT2D eigenvalue weighted by Gasteiger charge is -2.03. The predicted molar refractivity (Wildman–Crippen MR) is 53.5 cm³/mol. The maximum absolute atomic E-state index is 12.7. The van der Waals surface area contributed by atoms with Gasteiger partial charge in [-0.2, -0.15) is 0 Å². The SMILES string of the molecule is C=CCCNC(=O)c1cc(F)cc(F)c1. The molecule has 1 N–H and O–H groups in total. The minimum atomic E-state index is -0.760. The predicted octanol–water partition coefficient (Wildman–Crippen LogP) is 2.27. The van der Waals surface area contributed by atoms with Crippen molar-refractivity contribution >= 4 is 5.91 Å². The highest BCUT2D eigenvalue weighted by Crippen LogP contribution is 2.07. The van der Waals surface area contributed by atoms with Crippen LogP contribution in [0.5, 0.6) is 0 Å². The molecular weight excluding hydrogens is 200 g/mol. The highest BCUT2D eigenvalue weighted by Gasteiger charge is 2.07. The van der Waals surface area contributed by atoms with Crippen molar-refractivity contribution in [2.45, 2.75) is 6.42 Å². The number of rotatable bonds is 4. The van der Waals surface area contributed by atoms with Crippen molar-refractivity contribution in [3.63, 3.8) is 0 Å². The van der Waals surface area contributed by atoms with Crippen LogP contribution in [0.4, 0.5) is 8.78 Å². The van der Waals surface area contributed by atoms with Crippen LogP contribution in [0.1, 0.15) is 16.8 Å². The minimum Gasteiger partial charge on any atom is -0.352 e. The Morgan fingerprint density at radius 2 is 1.93 bits per heavy atom. The van der Waals surface area contributed by atoms with E-state index in [0.29, 0.717) is 13.0 Å². The first-order valence-electron chi connectivity index (χ1n) is 4.48. The molecular formula is C11H11F2NO. The van der Waals surface area contributed by atoms with Crippen LogP contribution in [0, 0.1) is 11.6 Å². The molecule has 0 saturated heterocycles. The molecule has 80 valence electrons. The average molecular weight is 211 g/mol. The third kappa shape index (κ3) is 3.50. The zero-order valence-electron chi connectivity index (χ0n) is 8.09. The molecule has 2 nitrogen and oxygen atoms in total. The fourth-order valence-corrected chi connectivity index (χ4v) is 1.07. The molecule has 0 bridgehead atoms. The summed E-state index contributed by atoms with van der Waals surface area (Å²) in [5.41, 5.74) is -0.0171. The van der Waals surface area contributed by atoms with Crippen LogP contribution in [0.3, 0.4) is 0 Å². The monoisotopic (exact) mass is 211 g/mol. The van der Waals surface area contributed by atoms with E-state index >= 15 is 0 Å². The lowest BCUT2D eigenvalue weighted by molar-refractivity contribution is 0.0953. The maximum Gasteiger partial charge on any atom is 0.251 e. The first kappa shape index (κ1) is 11.4. The Morgan fingerprint density at radius 3 is 2.47 bits per heavy atom. The Labute approximate surface area is 86.6 Å². The molecule has 0 aliphatic carbocycles. The second-order valence-electron chi connectivity index (χ2n) is 2.99. The third-order valence-corrected chi connectivity index (χ3v) is 1.76. The fourth-order valence-electron chi connectivity index (χ4n) is 1.07. The Hall–Kier alpha value is -1.71. The summed E-state index contributed by atoms with van der Waals surface area (Å²) in [5.74, 6) is -2.01. The number of hydrogen-bond donors (Lipinski definition) is 1. The highest BCUT2D eigenvalue weighted by molar-refractivity contribution is 5.94. The Balaban J connectivity index is 2.69. The summed E-state index contributed by atoms with van der Waals surface area (Å²) in [4.78, 5) is 11.3. The lowest BCUT2D eigenvalue weighted by Crippen LogP contribution is -2.24. The van der Waals surface area contributed by atoms with Crippen molar-refractivity contribution in [2.24, 2.45) is 0 Å². The molecule has 1 aromatic carbocycles.